The lowest BCUT2D eigenvalue weighted by Crippen LogP contribution is -2.01. The van der Waals surface area contributed by atoms with Crippen molar-refractivity contribution in [2.24, 2.45) is 0 Å². The fraction of sp³-hybridized carbons (Fsp3) is 0.167. The average molecular weight is 201 g/mol. The summed E-state index contributed by atoms with van der Waals surface area (Å²) in [4.78, 5) is 15.3. The number of hydrogen-bond donors (Lipinski definition) is 1. The number of aromatic nitrogens is 1. The van der Waals surface area contributed by atoms with Gasteiger partial charge in [0, 0.05) is 17.3 Å². The fourth-order valence-corrected chi connectivity index (χ4v) is 1.79. The first-order chi connectivity index (χ1) is 7.11. The predicted molar refractivity (Wildman–Crippen MR) is 58.2 cm³/mol. The molecule has 2 aromatic rings. The van der Waals surface area contributed by atoms with Crippen LogP contribution < -0.4 is 0 Å². The summed E-state index contributed by atoms with van der Waals surface area (Å²) in [6.07, 6.45) is 1.64. The van der Waals surface area contributed by atoms with E-state index in [0.29, 0.717) is 5.56 Å². The molecular formula is C12H11NO2. The number of pyridine rings is 1. The summed E-state index contributed by atoms with van der Waals surface area (Å²) in [6.45, 7) is 3.68. The van der Waals surface area contributed by atoms with Crippen molar-refractivity contribution in [2.45, 2.75) is 13.8 Å². The van der Waals surface area contributed by atoms with Crippen molar-refractivity contribution < 1.29 is 9.90 Å². The number of benzene rings is 1. The molecule has 0 aliphatic rings. The highest BCUT2D eigenvalue weighted by Crippen LogP contribution is 2.23. The molecule has 76 valence electrons. The molecule has 1 aromatic carbocycles. The molecule has 0 atom stereocenters. The van der Waals surface area contributed by atoms with Crippen molar-refractivity contribution in [3.05, 3.63) is 41.2 Å². The first-order valence-electron chi connectivity index (χ1n) is 4.69. The van der Waals surface area contributed by atoms with Crippen molar-refractivity contribution >= 4 is 16.7 Å². The number of hydrogen-bond acceptors (Lipinski definition) is 2. The molecule has 3 nitrogen and oxygen atoms in total. The van der Waals surface area contributed by atoms with Gasteiger partial charge in [0.05, 0.1) is 5.56 Å². The minimum absolute atomic E-state index is 0.373. The van der Waals surface area contributed by atoms with Gasteiger partial charge in [-0.1, -0.05) is 12.1 Å². The highest BCUT2D eigenvalue weighted by molar-refractivity contribution is 6.05. The van der Waals surface area contributed by atoms with Gasteiger partial charge in [-0.25, -0.2) is 4.79 Å². The number of carboxylic acid groups (broad SMARTS) is 1. The second kappa shape index (κ2) is 3.35. The smallest absolute Gasteiger partial charge is 0.336 e. The van der Waals surface area contributed by atoms with Crippen LogP contribution in [-0.4, -0.2) is 16.1 Å². The summed E-state index contributed by atoms with van der Waals surface area (Å²) in [7, 11) is 0. The van der Waals surface area contributed by atoms with E-state index in [4.69, 9.17) is 5.11 Å². The van der Waals surface area contributed by atoms with E-state index in [2.05, 4.69) is 4.98 Å². The van der Waals surface area contributed by atoms with Gasteiger partial charge in [0.15, 0.2) is 0 Å². The van der Waals surface area contributed by atoms with Crippen LogP contribution in [0.2, 0.25) is 0 Å². The number of carbonyl (C=O) groups is 1. The fourth-order valence-electron chi connectivity index (χ4n) is 1.79. The van der Waals surface area contributed by atoms with Crippen LogP contribution in [0.15, 0.2) is 24.4 Å². The Morgan fingerprint density at radius 2 is 1.93 bits per heavy atom. The van der Waals surface area contributed by atoms with Crippen LogP contribution in [-0.2, 0) is 0 Å². The highest BCUT2D eigenvalue weighted by Gasteiger charge is 2.12. The largest absolute Gasteiger partial charge is 0.478 e. The van der Waals surface area contributed by atoms with Crippen LogP contribution in [0.5, 0.6) is 0 Å². The van der Waals surface area contributed by atoms with E-state index < -0.39 is 5.97 Å². The Bertz CT molecular complexity index is 547. The number of aryl methyl sites for hydroxylation is 2. The van der Waals surface area contributed by atoms with E-state index in [1.807, 2.05) is 19.1 Å². The number of nitrogens with zero attached hydrogens (tertiary/aromatic N) is 1. The molecule has 0 saturated carbocycles. The molecule has 3 heteroatoms. The monoisotopic (exact) mass is 201 g/mol. The Hall–Kier alpha value is -1.90. The van der Waals surface area contributed by atoms with Crippen molar-refractivity contribution in [2.75, 3.05) is 0 Å². The van der Waals surface area contributed by atoms with E-state index in [-0.39, 0.29) is 0 Å². The second-order valence-electron chi connectivity index (χ2n) is 3.55. The molecule has 0 radical (unpaired) electrons. The van der Waals surface area contributed by atoms with E-state index in [1.54, 1.807) is 19.2 Å². The SMILES string of the molecule is Cc1ccc2c(C)nccc2c1C(=O)O. The molecule has 0 amide bonds. The third kappa shape index (κ3) is 1.46. The van der Waals surface area contributed by atoms with Crippen molar-refractivity contribution in [3.8, 4) is 0 Å². The quantitative estimate of drug-likeness (QED) is 0.771. The number of fused-ring (bicyclic) bond motifs is 1. The van der Waals surface area contributed by atoms with Gasteiger partial charge >= 0.3 is 5.97 Å². The third-order valence-corrected chi connectivity index (χ3v) is 2.57. The minimum Gasteiger partial charge on any atom is -0.478 e. The van der Waals surface area contributed by atoms with Crippen molar-refractivity contribution in [3.63, 3.8) is 0 Å². The molecule has 1 N–H and O–H groups in total. The maximum Gasteiger partial charge on any atom is 0.336 e. The minimum atomic E-state index is -0.885. The molecule has 0 aliphatic heterocycles. The standard InChI is InChI=1S/C12H11NO2/c1-7-3-4-9-8(2)13-6-5-10(9)11(7)12(14)15/h3-6H,1-2H3,(H,14,15). The van der Waals surface area contributed by atoms with Crippen LogP contribution in [0.1, 0.15) is 21.6 Å². The van der Waals surface area contributed by atoms with Gasteiger partial charge in [-0.05, 0) is 30.9 Å². The van der Waals surface area contributed by atoms with Crippen LogP contribution >= 0.6 is 0 Å². The summed E-state index contributed by atoms with van der Waals surface area (Å²) in [5.41, 5.74) is 2.01. The zero-order valence-electron chi connectivity index (χ0n) is 8.61. The molecule has 0 fully saturated rings. The van der Waals surface area contributed by atoms with Gasteiger partial charge in [0.25, 0.3) is 0 Å². The Morgan fingerprint density at radius 3 is 2.60 bits per heavy atom. The third-order valence-electron chi connectivity index (χ3n) is 2.57. The van der Waals surface area contributed by atoms with Crippen LogP contribution in [0.3, 0.4) is 0 Å². The van der Waals surface area contributed by atoms with Gasteiger partial charge in [0.1, 0.15) is 0 Å². The molecule has 2 rings (SSSR count). The van der Waals surface area contributed by atoms with E-state index in [1.165, 1.54) is 0 Å². The van der Waals surface area contributed by atoms with E-state index in [9.17, 15) is 4.79 Å². The van der Waals surface area contributed by atoms with Crippen LogP contribution in [0, 0.1) is 13.8 Å². The Kier molecular flexibility index (Phi) is 2.15. The number of aromatic carboxylic acids is 1. The van der Waals surface area contributed by atoms with E-state index >= 15 is 0 Å². The molecule has 0 bridgehead atoms. The first-order valence-corrected chi connectivity index (χ1v) is 4.69. The molecule has 1 heterocycles. The van der Waals surface area contributed by atoms with Gasteiger partial charge in [-0.3, -0.25) is 4.98 Å². The lowest BCUT2D eigenvalue weighted by molar-refractivity contribution is 0.0698. The van der Waals surface area contributed by atoms with Crippen molar-refractivity contribution in [1.82, 2.24) is 4.98 Å². The molecule has 0 unspecified atom stereocenters. The molecule has 1 aromatic heterocycles. The second-order valence-corrected chi connectivity index (χ2v) is 3.55. The topological polar surface area (TPSA) is 50.2 Å². The maximum atomic E-state index is 11.1. The summed E-state index contributed by atoms with van der Waals surface area (Å²) in [5, 5.41) is 10.8. The van der Waals surface area contributed by atoms with Crippen LogP contribution in [0.25, 0.3) is 10.8 Å². The van der Waals surface area contributed by atoms with Crippen LogP contribution in [0.4, 0.5) is 0 Å². The number of carboxylic acids is 1. The molecular weight excluding hydrogens is 190 g/mol. The van der Waals surface area contributed by atoms with Crippen molar-refractivity contribution in [1.29, 1.82) is 0 Å². The van der Waals surface area contributed by atoms with Gasteiger partial charge in [-0.2, -0.15) is 0 Å². The summed E-state index contributed by atoms with van der Waals surface area (Å²) in [6, 6.07) is 5.48. The average Bonchev–Trinajstić information content (AvgIpc) is 2.17. The highest BCUT2D eigenvalue weighted by atomic mass is 16.4. The van der Waals surface area contributed by atoms with Gasteiger partial charge in [0.2, 0.25) is 0 Å². The zero-order chi connectivity index (χ0) is 11.0. The Balaban J connectivity index is 2.94. The summed E-state index contributed by atoms with van der Waals surface area (Å²) in [5.74, 6) is -0.885. The Morgan fingerprint density at radius 1 is 1.20 bits per heavy atom. The first kappa shape index (κ1) is 9.65. The lowest BCUT2D eigenvalue weighted by atomic mass is 10.00. The predicted octanol–water partition coefficient (Wildman–Crippen LogP) is 2.55. The zero-order valence-corrected chi connectivity index (χ0v) is 8.61. The van der Waals surface area contributed by atoms with Gasteiger partial charge in [-0.15, -0.1) is 0 Å². The lowest BCUT2D eigenvalue weighted by Gasteiger charge is -2.07. The van der Waals surface area contributed by atoms with Gasteiger partial charge < -0.3 is 5.11 Å². The normalized spacial score (nSPS) is 10.5. The molecule has 15 heavy (non-hydrogen) atoms. The molecule has 0 saturated heterocycles. The maximum absolute atomic E-state index is 11.1. The summed E-state index contributed by atoms with van der Waals surface area (Å²) >= 11 is 0. The molecule has 0 aliphatic carbocycles. The Labute approximate surface area is 87.4 Å². The molecule has 0 spiro atoms. The number of rotatable bonds is 1. The van der Waals surface area contributed by atoms with E-state index in [0.717, 1.165) is 22.0 Å². The summed E-state index contributed by atoms with van der Waals surface area (Å²) < 4.78 is 0.